The molecule has 1 aromatic rings. The molecule has 0 aliphatic carbocycles. The fourth-order valence-electron chi connectivity index (χ4n) is 2.09. The fraction of sp³-hybridized carbons (Fsp3) is 0.500. The first-order chi connectivity index (χ1) is 6.92. The molecule has 1 aromatic carbocycles. The van der Waals surface area contributed by atoms with Crippen molar-refractivity contribution in [2.75, 3.05) is 11.5 Å². The molecule has 0 bridgehead atoms. The summed E-state index contributed by atoms with van der Waals surface area (Å²) in [5.41, 5.74) is 2.49. The van der Waals surface area contributed by atoms with Crippen molar-refractivity contribution in [1.82, 2.24) is 0 Å². The van der Waals surface area contributed by atoms with Crippen molar-refractivity contribution < 1.29 is 5.11 Å². The van der Waals surface area contributed by atoms with Crippen molar-refractivity contribution >= 4 is 11.8 Å². The molecule has 0 atom stereocenters. The van der Waals surface area contributed by atoms with Crippen molar-refractivity contribution in [3.63, 3.8) is 0 Å². The van der Waals surface area contributed by atoms with E-state index < -0.39 is 0 Å². The predicted molar refractivity (Wildman–Crippen MR) is 61.7 cm³/mol. The van der Waals surface area contributed by atoms with E-state index in [0.29, 0.717) is 5.92 Å². The summed E-state index contributed by atoms with van der Waals surface area (Å²) in [4.78, 5) is 0. The van der Waals surface area contributed by atoms with Crippen LogP contribution in [0.25, 0.3) is 0 Å². The highest BCUT2D eigenvalue weighted by Crippen LogP contribution is 2.33. The monoisotopic (exact) mass is 208 g/mol. The van der Waals surface area contributed by atoms with Crippen LogP contribution >= 0.6 is 11.8 Å². The summed E-state index contributed by atoms with van der Waals surface area (Å²) in [6.07, 6.45) is 2.53. The van der Waals surface area contributed by atoms with Crippen molar-refractivity contribution in [3.05, 3.63) is 35.4 Å². The molecule has 1 nitrogen and oxygen atoms in total. The van der Waals surface area contributed by atoms with Crippen LogP contribution in [0.3, 0.4) is 0 Å². The smallest absolute Gasteiger partial charge is 0.0684 e. The molecule has 14 heavy (non-hydrogen) atoms. The Morgan fingerprint density at radius 1 is 1.21 bits per heavy atom. The zero-order valence-electron chi connectivity index (χ0n) is 8.28. The molecule has 1 aliphatic heterocycles. The third kappa shape index (κ3) is 2.12. The van der Waals surface area contributed by atoms with Crippen LogP contribution in [-0.4, -0.2) is 16.6 Å². The van der Waals surface area contributed by atoms with Crippen molar-refractivity contribution in [3.8, 4) is 0 Å². The van der Waals surface area contributed by atoms with Gasteiger partial charge in [-0.15, -0.1) is 0 Å². The lowest BCUT2D eigenvalue weighted by Crippen LogP contribution is -2.10. The Labute approximate surface area is 89.5 Å². The second-order valence-corrected chi connectivity index (χ2v) is 4.97. The van der Waals surface area contributed by atoms with E-state index in [-0.39, 0.29) is 6.61 Å². The molecular weight excluding hydrogens is 192 g/mol. The lowest BCUT2D eigenvalue weighted by Gasteiger charge is -2.23. The molecule has 1 fully saturated rings. The summed E-state index contributed by atoms with van der Waals surface area (Å²) in [6.45, 7) is 0.180. The van der Waals surface area contributed by atoms with Crippen LogP contribution in [0.1, 0.15) is 29.9 Å². The molecule has 0 aromatic heterocycles. The first-order valence-corrected chi connectivity index (χ1v) is 6.33. The molecule has 0 radical (unpaired) electrons. The molecule has 1 heterocycles. The first kappa shape index (κ1) is 10.1. The maximum Gasteiger partial charge on any atom is 0.0684 e. The van der Waals surface area contributed by atoms with Gasteiger partial charge in [-0.1, -0.05) is 24.3 Å². The minimum absolute atomic E-state index is 0.180. The van der Waals surface area contributed by atoms with E-state index in [1.54, 1.807) is 0 Å². The number of aliphatic hydroxyl groups is 1. The molecule has 1 aliphatic rings. The number of hydrogen-bond donors (Lipinski definition) is 1. The topological polar surface area (TPSA) is 20.2 Å². The van der Waals surface area contributed by atoms with Crippen LogP contribution < -0.4 is 0 Å². The van der Waals surface area contributed by atoms with Crippen molar-refractivity contribution in [1.29, 1.82) is 0 Å². The Kier molecular flexibility index (Phi) is 3.49. The highest BCUT2D eigenvalue weighted by Gasteiger charge is 2.17. The van der Waals surface area contributed by atoms with Crippen LogP contribution in [0.5, 0.6) is 0 Å². The molecule has 2 rings (SSSR count). The summed E-state index contributed by atoms with van der Waals surface area (Å²) in [6, 6.07) is 8.30. The van der Waals surface area contributed by atoms with Gasteiger partial charge in [0, 0.05) is 0 Å². The summed E-state index contributed by atoms with van der Waals surface area (Å²) < 4.78 is 0. The second kappa shape index (κ2) is 4.85. The van der Waals surface area contributed by atoms with Gasteiger partial charge in [0.05, 0.1) is 6.61 Å². The van der Waals surface area contributed by atoms with E-state index in [9.17, 15) is 5.11 Å². The number of aliphatic hydroxyl groups excluding tert-OH is 1. The van der Waals surface area contributed by atoms with Crippen LogP contribution in [-0.2, 0) is 6.61 Å². The Morgan fingerprint density at radius 3 is 2.64 bits per heavy atom. The molecular formula is C12H16OS. The van der Waals surface area contributed by atoms with Gasteiger partial charge in [-0.25, -0.2) is 0 Å². The van der Waals surface area contributed by atoms with Gasteiger partial charge < -0.3 is 5.11 Å². The predicted octanol–water partition coefficient (Wildman–Crippen LogP) is 2.79. The number of rotatable bonds is 2. The summed E-state index contributed by atoms with van der Waals surface area (Å²) in [5.74, 6) is 3.22. The van der Waals surface area contributed by atoms with Gasteiger partial charge in [0.25, 0.3) is 0 Å². The Balaban J connectivity index is 2.20. The minimum atomic E-state index is 0.180. The van der Waals surface area contributed by atoms with E-state index in [1.807, 2.05) is 23.9 Å². The maximum atomic E-state index is 9.24. The zero-order chi connectivity index (χ0) is 9.80. The molecule has 0 unspecified atom stereocenters. The largest absolute Gasteiger partial charge is 0.392 e. The van der Waals surface area contributed by atoms with Gasteiger partial charge in [-0.2, -0.15) is 11.8 Å². The molecule has 0 spiro atoms. The van der Waals surface area contributed by atoms with E-state index in [1.165, 1.54) is 29.9 Å². The average molecular weight is 208 g/mol. The van der Waals surface area contributed by atoms with Crippen LogP contribution in [0.15, 0.2) is 24.3 Å². The third-order valence-electron chi connectivity index (χ3n) is 2.89. The standard InChI is InChI=1S/C12H16OS/c13-9-11-3-1-2-4-12(11)10-5-7-14-8-6-10/h1-4,10,13H,5-9H2. The van der Waals surface area contributed by atoms with Crippen LogP contribution in [0.4, 0.5) is 0 Å². The minimum Gasteiger partial charge on any atom is -0.392 e. The van der Waals surface area contributed by atoms with E-state index >= 15 is 0 Å². The van der Waals surface area contributed by atoms with Crippen LogP contribution in [0, 0.1) is 0 Å². The number of benzene rings is 1. The molecule has 1 saturated heterocycles. The lowest BCUT2D eigenvalue weighted by atomic mass is 9.90. The Bertz CT molecular complexity index is 292. The Morgan fingerprint density at radius 2 is 1.93 bits per heavy atom. The van der Waals surface area contributed by atoms with Crippen molar-refractivity contribution in [2.45, 2.75) is 25.4 Å². The van der Waals surface area contributed by atoms with E-state index in [2.05, 4.69) is 12.1 Å². The van der Waals surface area contributed by atoms with Gasteiger partial charge in [-0.3, -0.25) is 0 Å². The zero-order valence-corrected chi connectivity index (χ0v) is 9.09. The van der Waals surface area contributed by atoms with E-state index in [0.717, 1.165) is 5.56 Å². The highest BCUT2D eigenvalue weighted by molar-refractivity contribution is 7.99. The summed E-state index contributed by atoms with van der Waals surface area (Å²) >= 11 is 2.04. The highest BCUT2D eigenvalue weighted by atomic mass is 32.2. The van der Waals surface area contributed by atoms with Gasteiger partial charge in [0.2, 0.25) is 0 Å². The SMILES string of the molecule is OCc1ccccc1C1CCSCC1. The third-order valence-corrected chi connectivity index (χ3v) is 3.94. The average Bonchev–Trinajstić information content (AvgIpc) is 2.30. The van der Waals surface area contributed by atoms with Gasteiger partial charge in [0.1, 0.15) is 0 Å². The van der Waals surface area contributed by atoms with E-state index in [4.69, 9.17) is 0 Å². The molecule has 1 N–H and O–H groups in total. The molecule has 0 amide bonds. The maximum absolute atomic E-state index is 9.24. The Hall–Kier alpha value is -0.470. The lowest BCUT2D eigenvalue weighted by molar-refractivity contribution is 0.279. The fourth-order valence-corrected chi connectivity index (χ4v) is 3.19. The normalized spacial score (nSPS) is 18.4. The quantitative estimate of drug-likeness (QED) is 0.806. The van der Waals surface area contributed by atoms with Gasteiger partial charge >= 0.3 is 0 Å². The van der Waals surface area contributed by atoms with Crippen LogP contribution in [0.2, 0.25) is 0 Å². The second-order valence-electron chi connectivity index (χ2n) is 3.74. The summed E-state index contributed by atoms with van der Waals surface area (Å²) in [5, 5.41) is 9.24. The molecule has 0 saturated carbocycles. The van der Waals surface area contributed by atoms with Crippen molar-refractivity contribution in [2.24, 2.45) is 0 Å². The molecule has 76 valence electrons. The van der Waals surface area contributed by atoms with Gasteiger partial charge in [0.15, 0.2) is 0 Å². The molecule has 2 heteroatoms. The first-order valence-electron chi connectivity index (χ1n) is 5.18. The summed E-state index contributed by atoms with van der Waals surface area (Å²) in [7, 11) is 0. The van der Waals surface area contributed by atoms with Gasteiger partial charge in [-0.05, 0) is 41.4 Å². The number of hydrogen-bond acceptors (Lipinski definition) is 2. The number of thioether (sulfide) groups is 1.